The Morgan fingerprint density at radius 2 is 1.91 bits per heavy atom. The number of ether oxygens (including phenoxy) is 2. The van der Waals surface area contributed by atoms with Gasteiger partial charge in [0.15, 0.2) is 0 Å². The van der Waals surface area contributed by atoms with Gasteiger partial charge < -0.3 is 9.47 Å². The van der Waals surface area contributed by atoms with Gasteiger partial charge in [-0.1, -0.05) is 24.6 Å². The lowest BCUT2D eigenvalue weighted by Crippen LogP contribution is -2.41. The fourth-order valence-electron chi connectivity index (χ4n) is 3.16. The van der Waals surface area contributed by atoms with Crippen LogP contribution in [0.1, 0.15) is 55.5 Å². The summed E-state index contributed by atoms with van der Waals surface area (Å²) >= 11 is 0. The van der Waals surface area contributed by atoms with E-state index in [0.29, 0.717) is 31.4 Å². The molecule has 4 heteroatoms. The molecule has 2 unspecified atom stereocenters. The Balaban J connectivity index is 2.14. The summed E-state index contributed by atoms with van der Waals surface area (Å²) in [7, 11) is 0. The number of aryl methyl sites for hydroxylation is 1. The molecule has 0 N–H and O–H groups in total. The molecular formula is C18H24O4. The van der Waals surface area contributed by atoms with Gasteiger partial charge in [-0.2, -0.15) is 0 Å². The van der Waals surface area contributed by atoms with Crippen molar-refractivity contribution in [1.82, 2.24) is 0 Å². The van der Waals surface area contributed by atoms with Crippen LogP contribution >= 0.6 is 0 Å². The first-order valence-electron chi connectivity index (χ1n) is 7.98. The third-order valence-electron chi connectivity index (χ3n) is 4.55. The van der Waals surface area contributed by atoms with Crippen LogP contribution in [-0.4, -0.2) is 24.6 Å². The highest BCUT2D eigenvalue weighted by Gasteiger charge is 2.51. The van der Waals surface area contributed by atoms with Crippen LogP contribution in [0.25, 0.3) is 0 Å². The highest BCUT2D eigenvalue weighted by molar-refractivity contribution is 5.90. The molecule has 0 amide bonds. The van der Waals surface area contributed by atoms with Gasteiger partial charge in [-0.25, -0.2) is 4.79 Å². The minimum Gasteiger partial charge on any atom is -0.465 e. The Labute approximate surface area is 131 Å². The van der Waals surface area contributed by atoms with Crippen molar-refractivity contribution in [2.75, 3.05) is 6.61 Å². The highest BCUT2D eigenvalue weighted by Crippen LogP contribution is 2.44. The summed E-state index contributed by atoms with van der Waals surface area (Å²) in [6.07, 6.45) is 2.53. The predicted octanol–water partition coefficient (Wildman–Crippen LogP) is 3.66. The van der Waals surface area contributed by atoms with Gasteiger partial charge in [-0.05, 0) is 51.7 Å². The topological polar surface area (TPSA) is 52.6 Å². The molecule has 1 saturated carbocycles. The van der Waals surface area contributed by atoms with Gasteiger partial charge in [0.2, 0.25) is 0 Å². The largest absolute Gasteiger partial charge is 0.465 e. The average molecular weight is 304 g/mol. The number of carbonyl (C=O) groups excluding carboxylic acids is 2. The Morgan fingerprint density at radius 3 is 2.50 bits per heavy atom. The summed E-state index contributed by atoms with van der Waals surface area (Å²) < 4.78 is 10.9. The summed E-state index contributed by atoms with van der Waals surface area (Å²) in [5.41, 5.74) is 0.925. The number of rotatable bonds is 5. The SMILES string of the molecule is CCOC(=O)C1(CC)CCCC1OC(=O)c1ccc(C)cc1. The van der Waals surface area contributed by atoms with E-state index in [1.165, 1.54) is 0 Å². The second-order valence-corrected chi connectivity index (χ2v) is 5.88. The molecule has 0 bridgehead atoms. The fraction of sp³-hybridized carbons (Fsp3) is 0.556. The van der Waals surface area contributed by atoms with E-state index in [4.69, 9.17) is 9.47 Å². The Morgan fingerprint density at radius 1 is 1.23 bits per heavy atom. The van der Waals surface area contributed by atoms with Gasteiger partial charge in [0, 0.05) is 0 Å². The van der Waals surface area contributed by atoms with Crippen LogP contribution in [0.4, 0.5) is 0 Å². The number of esters is 2. The smallest absolute Gasteiger partial charge is 0.338 e. The lowest BCUT2D eigenvalue weighted by Gasteiger charge is -2.31. The molecule has 0 spiro atoms. The summed E-state index contributed by atoms with van der Waals surface area (Å²) in [4.78, 5) is 24.7. The molecule has 0 heterocycles. The van der Waals surface area contributed by atoms with Gasteiger partial charge in [0.25, 0.3) is 0 Å². The van der Waals surface area contributed by atoms with Crippen LogP contribution in [0.3, 0.4) is 0 Å². The molecule has 1 fully saturated rings. The van der Waals surface area contributed by atoms with Crippen molar-refractivity contribution in [3.8, 4) is 0 Å². The molecule has 2 rings (SSSR count). The molecule has 0 aromatic heterocycles. The maximum atomic E-state index is 12.4. The number of carbonyl (C=O) groups is 2. The van der Waals surface area contributed by atoms with E-state index in [2.05, 4.69) is 0 Å². The molecule has 2 atom stereocenters. The molecule has 0 aliphatic heterocycles. The molecule has 0 saturated heterocycles. The molecular weight excluding hydrogens is 280 g/mol. The van der Waals surface area contributed by atoms with Crippen molar-refractivity contribution in [1.29, 1.82) is 0 Å². The van der Waals surface area contributed by atoms with E-state index in [9.17, 15) is 9.59 Å². The van der Waals surface area contributed by atoms with Crippen LogP contribution in [-0.2, 0) is 14.3 Å². The van der Waals surface area contributed by atoms with Crippen LogP contribution in [0, 0.1) is 12.3 Å². The van der Waals surface area contributed by atoms with Crippen LogP contribution in [0.15, 0.2) is 24.3 Å². The zero-order valence-electron chi connectivity index (χ0n) is 13.6. The summed E-state index contributed by atoms with van der Waals surface area (Å²) in [5, 5.41) is 0. The summed E-state index contributed by atoms with van der Waals surface area (Å²) in [6, 6.07) is 7.27. The first-order chi connectivity index (χ1) is 10.5. The standard InChI is InChI=1S/C18H24O4/c1-4-18(17(20)21-5-2)12-6-7-15(18)22-16(19)14-10-8-13(3)9-11-14/h8-11,15H,4-7,12H2,1-3H3. The normalized spacial score (nSPS) is 24.0. The van der Waals surface area contributed by atoms with E-state index >= 15 is 0 Å². The maximum absolute atomic E-state index is 12.4. The minimum absolute atomic E-state index is 0.239. The van der Waals surface area contributed by atoms with Crippen LogP contribution in [0.5, 0.6) is 0 Å². The average Bonchev–Trinajstić information content (AvgIpc) is 2.92. The molecule has 1 aliphatic carbocycles. The van der Waals surface area contributed by atoms with E-state index in [-0.39, 0.29) is 11.9 Å². The Kier molecular flexibility index (Phi) is 5.22. The van der Waals surface area contributed by atoms with Crippen molar-refractivity contribution in [2.24, 2.45) is 5.41 Å². The summed E-state index contributed by atoms with van der Waals surface area (Å²) in [5.74, 6) is -0.606. The van der Waals surface area contributed by atoms with E-state index in [1.54, 1.807) is 19.1 Å². The zero-order valence-corrected chi connectivity index (χ0v) is 13.6. The van der Waals surface area contributed by atoms with E-state index in [0.717, 1.165) is 12.0 Å². The van der Waals surface area contributed by atoms with Crippen molar-refractivity contribution < 1.29 is 19.1 Å². The van der Waals surface area contributed by atoms with Gasteiger partial charge in [-0.15, -0.1) is 0 Å². The number of hydrogen-bond donors (Lipinski definition) is 0. The third kappa shape index (κ3) is 3.16. The van der Waals surface area contributed by atoms with Gasteiger partial charge in [-0.3, -0.25) is 4.79 Å². The quantitative estimate of drug-likeness (QED) is 0.779. The van der Waals surface area contributed by atoms with Crippen molar-refractivity contribution in [2.45, 2.75) is 52.6 Å². The second-order valence-electron chi connectivity index (χ2n) is 5.88. The molecule has 1 aromatic carbocycles. The first-order valence-corrected chi connectivity index (χ1v) is 7.98. The first kappa shape index (κ1) is 16.5. The van der Waals surface area contributed by atoms with Crippen molar-refractivity contribution >= 4 is 11.9 Å². The number of benzene rings is 1. The third-order valence-corrected chi connectivity index (χ3v) is 4.55. The van der Waals surface area contributed by atoms with Crippen molar-refractivity contribution in [3.63, 3.8) is 0 Å². The predicted molar refractivity (Wildman–Crippen MR) is 83.6 cm³/mol. The molecule has 0 radical (unpaired) electrons. The van der Waals surface area contributed by atoms with Crippen molar-refractivity contribution in [3.05, 3.63) is 35.4 Å². The molecule has 1 aliphatic rings. The minimum atomic E-state index is -0.684. The summed E-state index contributed by atoms with van der Waals surface area (Å²) in [6.45, 7) is 6.06. The second kappa shape index (κ2) is 6.95. The molecule has 120 valence electrons. The monoisotopic (exact) mass is 304 g/mol. The molecule has 22 heavy (non-hydrogen) atoms. The zero-order chi connectivity index (χ0) is 16.2. The van der Waals surface area contributed by atoms with Crippen LogP contribution in [0.2, 0.25) is 0 Å². The van der Waals surface area contributed by atoms with E-state index in [1.807, 2.05) is 26.0 Å². The molecule has 1 aromatic rings. The van der Waals surface area contributed by atoms with Crippen LogP contribution < -0.4 is 0 Å². The lowest BCUT2D eigenvalue weighted by molar-refractivity contribution is -0.161. The maximum Gasteiger partial charge on any atom is 0.338 e. The van der Waals surface area contributed by atoms with Gasteiger partial charge in [0.05, 0.1) is 12.2 Å². The Hall–Kier alpha value is -1.84. The van der Waals surface area contributed by atoms with Gasteiger partial charge >= 0.3 is 11.9 Å². The number of hydrogen-bond acceptors (Lipinski definition) is 4. The highest BCUT2D eigenvalue weighted by atomic mass is 16.6. The molecule has 4 nitrogen and oxygen atoms in total. The van der Waals surface area contributed by atoms with Gasteiger partial charge in [0.1, 0.15) is 11.5 Å². The lowest BCUT2D eigenvalue weighted by atomic mass is 9.81. The van der Waals surface area contributed by atoms with E-state index < -0.39 is 11.5 Å². The fourth-order valence-corrected chi connectivity index (χ4v) is 3.16. The Bertz CT molecular complexity index is 535.